The van der Waals surface area contributed by atoms with Crippen LogP contribution in [0.2, 0.25) is 0 Å². The minimum Gasteiger partial charge on any atom is -0.398 e. The van der Waals surface area contributed by atoms with Gasteiger partial charge in [-0.2, -0.15) is 4.31 Å². The minimum absolute atomic E-state index is 0.177. The second-order valence-electron chi connectivity index (χ2n) is 4.78. The van der Waals surface area contributed by atoms with E-state index in [1.807, 2.05) is 0 Å². The summed E-state index contributed by atoms with van der Waals surface area (Å²) in [5.74, 6) is -0.410. The lowest BCUT2D eigenvalue weighted by atomic mass is 10.2. The van der Waals surface area contributed by atoms with Gasteiger partial charge in [0.1, 0.15) is 6.04 Å². The van der Waals surface area contributed by atoms with Gasteiger partial charge in [-0.25, -0.2) is 8.42 Å². The summed E-state index contributed by atoms with van der Waals surface area (Å²) in [5.41, 5.74) is 6.80. The van der Waals surface area contributed by atoms with Crippen molar-refractivity contribution in [2.45, 2.75) is 25.1 Å². The van der Waals surface area contributed by atoms with Gasteiger partial charge < -0.3 is 11.1 Å². The number of carbonyl (C=O) groups excluding carboxylic acids is 1. The van der Waals surface area contributed by atoms with Crippen LogP contribution in [0.5, 0.6) is 0 Å². The zero-order valence-corrected chi connectivity index (χ0v) is 12.2. The quantitative estimate of drug-likeness (QED) is 0.782. The molecule has 1 saturated heterocycles. The number of sulfonamides is 1. The molecule has 1 aliphatic rings. The molecule has 1 aromatic rings. The summed E-state index contributed by atoms with van der Waals surface area (Å²) in [6.07, 6.45) is 0.454. The Morgan fingerprint density at radius 2 is 2.10 bits per heavy atom. The van der Waals surface area contributed by atoms with Crippen LogP contribution in [0.15, 0.2) is 24.3 Å². The van der Waals surface area contributed by atoms with Gasteiger partial charge in [0.25, 0.3) is 0 Å². The summed E-state index contributed by atoms with van der Waals surface area (Å²) in [7, 11) is -3.56. The van der Waals surface area contributed by atoms with Crippen molar-refractivity contribution in [2.75, 3.05) is 18.8 Å². The van der Waals surface area contributed by atoms with E-state index in [0.29, 0.717) is 30.8 Å². The molecular weight excluding hydrogens is 278 g/mol. The topological polar surface area (TPSA) is 92.5 Å². The van der Waals surface area contributed by atoms with Crippen LogP contribution in [0.1, 0.15) is 18.9 Å². The number of anilines is 1. The molecule has 0 saturated carbocycles. The normalized spacial score (nSPS) is 20.6. The van der Waals surface area contributed by atoms with E-state index in [4.69, 9.17) is 5.73 Å². The number of nitrogen functional groups attached to an aromatic ring is 1. The van der Waals surface area contributed by atoms with Gasteiger partial charge in [0, 0.05) is 18.8 Å². The Bertz CT molecular complexity index is 601. The molecule has 7 heteroatoms. The molecule has 3 N–H and O–H groups in total. The number of rotatable bonds is 4. The highest BCUT2D eigenvalue weighted by molar-refractivity contribution is 7.88. The Kier molecular flexibility index (Phi) is 4.29. The summed E-state index contributed by atoms with van der Waals surface area (Å²) in [5, 5.41) is 2.69. The fourth-order valence-electron chi connectivity index (χ4n) is 2.36. The second kappa shape index (κ2) is 5.80. The predicted molar refractivity (Wildman–Crippen MR) is 77.3 cm³/mol. The van der Waals surface area contributed by atoms with Gasteiger partial charge in [-0.15, -0.1) is 0 Å². The molecule has 1 aromatic carbocycles. The standard InChI is InChI=1S/C13H19N3O3S/c1-2-12-13(17)15-7-8-16(12)20(18,19)9-10-5-3-4-6-11(10)14/h3-6,12H,2,7-9,14H2,1H3,(H,15,17). The number of hydrogen-bond donors (Lipinski definition) is 2. The van der Waals surface area contributed by atoms with Crippen LogP contribution in [0.4, 0.5) is 5.69 Å². The fraction of sp³-hybridized carbons (Fsp3) is 0.462. The Morgan fingerprint density at radius 3 is 2.75 bits per heavy atom. The first-order valence-corrected chi connectivity index (χ1v) is 8.17. The maximum absolute atomic E-state index is 12.5. The number of nitrogens with two attached hydrogens (primary N) is 1. The molecule has 2 rings (SSSR count). The highest BCUT2D eigenvalue weighted by atomic mass is 32.2. The lowest BCUT2D eigenvalue weighted by Crippen LogP contribution is -2.57. The van der Waals surface area contributed by atoms with E-state index in [0.717, 1.165) is 0 Å². The van der Waals surface area contributed by atoms with E-state index in [1.165, 1.54) is 4.31 Å². The molecule has 0 aromatic heterocycles. The molecular formula is C13H19N3O3S. The molecule has 6 nitrogen and oxygen atoms in total. The summed E-state index contributed by atoms with van der Waals surface area (Å²) in [4.78, 5) is 11.8. The summed E-state index contributed by atoms with van der Waals surface area (Å²) >= 11 is 0. The van der Waals surface area contributed by atoms with Crippen LogP contribution in [-0.4, -0.2) is 37.8 Å². The first kappa shape index (κ1) is 14.8. The molecule has 1 atom stereocenters. The predicted octanol–water partition coefficient (Wildman–Crippen LogP) is 0.309. The van der Waals surface area contributed by atoms with E-state index in [9.17, 15) is 13.2 Å². The molecule has 0 spiro atoms. The van der Waals surface area contributed by atoms with Crippen molar-refractivity contribution in [2.24, 2.45) is 0 Å². The average Bonchev–Trinajstić information content (AvgIpc) is 2.41. The van der Waals surface area contributed by atoms with E-state index >= 15 is 0 Å². The van der Waals surface area contributed by atoms with E-state index in [1.54, 1.807) is 31.2 Å². The molecule has 1 amide bonds. The Labute approximate surface area is 119 Å². The molecule has 0 bridgehead atoms. The van der Waals surface area contributed by atoms with E-state index in [-0.39, 0.29) is 11.7 Å². The third-order valence-corrected chi connectivity index (χ3v) is 5.25. The largest absolute Gasteiger partial charge is 0.398 e. The number of para-hydroxylation sites is 1. The SMILES string of the molecule is CCC1C(=O)NCCN1S(=O)(=O)Cc1ccccc1N. The van der Waals surface area contributed by atoms with Gasteiger partial charge in [-0.05, 0) is 18.1 Å². The van der Waals surface area contributed by atoms with Crippen LogP contribution in [0.3, 0.4) is 0 Å². The number of nitrogens with zero attached hydrogens (tertiary/aromatic N) is 1. The number of carbonyl (C=O) groups is 1. The van der Waals surface area contributed by atoms with E-state index < -0.39 is 16.1 Å². The maximum atomic E-state index is 12.5. The van der Waals surface area contributed by atoms with Crippen molar-refractivity contribution < 1.29 is 13.2 Å². The number of hydrogen-bond acceptors (Lipinski definition) is 4. The monoisotopic (exact) mass is 297 g/mol. The van der Waals surface area contributed by atoms with Crippen LogP contribution >= 0.6 is 0 Å². The first-order valence-electron chi connectivity index (χ1n) is 6.56. The minimum atomic E-state index is -3.56. The summed E-state index contributed by atoms with van der Waals surface area (Å²) in [6.45, 7) is 2.45. The van der Waals surface area contributed by atoms with Crippen molar-refractivity contribution in [1.82, 2.24) is 9.62 Å². The molecule has 0 radical (unpaired) electrons. The average molecular weight is 297 g/mol. The van der Waals surface area contributed by atoms with Crippen molar-refractivity contribution in [3.05, 3.63) is 29.8 Å². The van der Waals surface area contributed by atoms with Crippen molar-refractivity contribution in [3.8, 4) is 0 Å². The number of piperazine rings is 1. The van der Waals surface area contributed by atoms with Crippen LogP contribution < -0.4 is 11.1 Å². The number of nitrogens with one attached hydrogen (secondary N) is 1. The lowest BCUT2D eigenvalue weighted by Gasteiger charge is -2.33. The zero-order valence-electron chi connectivity index (χ0n) is 11.4. The molecule has 1 fully saturated rings. The van der Waals surface area contributed by atoms with Crippen LogP contribution in [0, 0.1) is 0 Å². The number of benzene rings is 1. The Hall–Kier alpha value is -1.60. The highest BCUT2D eigenvalue weighted by Gasteiger charge is 2.36. The summed E-state index contributed by atoms with van der Waals surface area (Å²) in [6, 6.07) is 6.25. The fourth-order valence-corrected chi connectivity index (χ4v) is 4.18. The van der Waals surface area contributed by atoms with Crippen molar-refractivity contribution in [1.29, 1.82) is 0 Å². The molecule has 0 aliphatic carbocycles. The van der Waals surface area contributed by atoms with Crippen LogP contribution in [0.25, 0.3) is 0 Å². The zero-order chi connectivity index (χ0) is 14.8. The third kappa shape index (κ3) is 2.94. The Balaban J connectivity index is 2.25. The maximum Gasteiger partial charge on any atom is 0.238 e. The molecule has 1 unspecified atom stereocenters. The van der Waals surface area contributed by atoms with Crippen molar-refractivity contribution >= 4 is 21.6 Å². The lowest BCUT2D eigenvalue weighted by molar-refractivity contribution is -0.126. The van der Waals surface area contributed by atoms with Crippen LogP contribution in [-0.2, 0) is 20.6 Å². The molecule has 20 heavy (non-hydrogen) atoms. The van der Waals surface area contributed by atoms with Gasteiger partial charge in [-0.3, -0.25) is 4.79 Å². The van der Waals surface area contributed by atoms with Crippen molar-refractivity contribution in [3.63, 3.8) is 0 Å². The number of amides is 1. The van der Waals surface area contributed by atoms with Gasteiger partial charge in [0.05, 0.1) is 5.75 Å². The van der Waals surface area contributed by atoms with Gasteiger partial charge in [0.15, 0.2) is 0 Å². The Morgan fingerprint density at radius 1 is 1.40 bits per heavy atom. The molecule has 1 aliphatic heterocycles. The van der Waals surface area contributed by atoms with Gasteiger partial charge in [-0.1, -0.05) is 25.1 Å². The summed E-state index contributed by atoms with van der Waals surface area (Å²) < 4.78 is 26.3. The van der Waals surface area contributed by atoms with Gasteiger partial charge >= 0.3 is 0 Å². The molecule has 110 valence electrons. The second-order valence-corrected chi connectivity index (χ2v) is 6.70. The third-order valence-electron chi connectivity index (χ3n) is 3.42. The van der Waals surface area contributed by atoms with Gasteiger partial charge in [0.2, 0.25) is 15.9 Å². The smallest absolute Gasteiger partial charge is 0.238 e. The highest BCUT2D eigenvalue weighted by Crippen LogP contribution is 2.20. The molecule has 1 heterocycles. The first-order chi connectivity index (χ1) is 9.45. The van der Waals surface area contributed by atoms with E-state index in [2.05, 4.69) is 5.32 Å².